The van der Waals surface area contributed by atoms with Gasteiger partial charge in [-0.3, -0.25) is 4.79 Å². The van der Waals surface area contributed by atoms with E-state index >= 15 is 0 Å². The Morgan fingerprint density at radius 3 is 2.35 bits per heavy atom. The number of carbonyl (C=O) groups is 2. The van der Waals surface area contributed by atoms with Crippen LogP contribution in [0.5, 0.6) is 0 Å². The summed E-state index contributed by atoms with van der Waals surface area (Å²) in [6.07, 6.45) is 5.97. The van der Waals surface area contributed by atoms with Crippen LogP contribution in [0.2, 0.25) is 0 Å². The smallest absolute Gasteiger partial charge is 0.410 e. The Hall–Kier alpha value is -2.08. The summed E-state index contributed by atoms with van der Waals surface area (Å²) in [4.78, 5) is 31.4. The molecule has 6 heteroatoms. The molecule has 0 spiro atoms. The number of benzene rings is 1. The second-order valence-electron chi connectivity index (χ2n) is 8.98. The first-order valence-electron chi connectivity index (χ1n) is 12.0. The van der Waals surface area contributed by atoms with E-state index in [4.69, 9.17) is 4.74 Å². The monoisotopic (exact) mass is 429 g/mol. The minimum absolute atomic E-state index is 0.113. The lowest BCUT2D eigenvalue weighted by atomic mass is 9.96. The van der Waals surface area contributed by atoms with Crippen molar-refractivity contribution in [1.29, 1.82) is 0 Å². The molecule has 6 nitrogen and oxygen atoms in total. The summed E-state index contributed by atoms with van der Waals surface area (Å²) < 4.78 is 5.33. The van der Waals surface area contributed by atoms with E-state index in [0.717, 1.165) is 57.3 Å². The van der Waals surface area contributed by atoms with Crippen LogP contribution in [0.3, 0.4) is 0 Å². The molecule has 2 aliphatic heterocycles. The second-order valence-corrected chi connectivity index (χ2v) is 8.98. The van der Waals surface area contributed by atoms with E-state index in [0.29, 0.717) is 12.6 Å². The van der Waals surface area contributed by atoms with Crippen molar-refractivity contribution in [2.24, 2.45) is 0 Å². The normalized spacial score (nSPS) is 23.5. The number of piperidine rings is 1. The van der Waals surface area contributed by atoms with Crippen molar-refractivity contribution < 1.29 is 14.3 Å². The minimum Gasteiger partial charge on any atom is -0.450 e. The third-order valence-corrected chi connectivity index (χ3v) is 7.03. The van der Waals surface area contributed by atoms with Gasteiger partial charge in [-0.25, -0.2) is 4.79 Å². The van der Waals surface area contributed by atoms with Crippen molar-refractivity contribution in [3.63, 3.8) is 0 Å². The van der Waals surface area contributed by atoms with Gasteiger partial charge in [0.05, 0.1) is 6.61 Å². The van der Waals surface area contributed by atoms with Gasteiger partial charge in [-0.2, -0.15) is 0 Å². The Kier molecular flexibility index (Phi) is 8.35. The highest BCUT2D eigenvalue weighted by atomic mass is 16.6. The highest BCUT2D eigenvalue weighted by Gasteiger charge is 2.38. The van der Waals surface area contributed by atoms with E-state index in [1.54, 1.807) is 6.92 Å². The van der Waals surface area contributed by atoms with E-state index < -0.39 is 0 Å². The fourth-order valence-corrected chi connectivity index (χ4v) is 5.47. The average molecular weight is 430 g/mol. The zero-order valence-electron chi connectivity index (χ0n) is 19.6. The van der Waals surface area contributed by atoms with Gasteiger partial charge in [0.2, 0.25) is 5.91 Å². The third kappa shape index (κ3) is 5.59. The summed E-state index contributed by atoms with van der Waals surface area (Å²) in [5, 5.41) is 0. The lowest BCUT2D eigenvalue weighted by Crippen LogP contribution is -2.51. The largest absolute Gasteiger partial charge is 0.450 e. The molecule has 2 heterocycles. The lowest BCUT2D eigenvalue weighted by Gasteiger charge is -2.42. The molecule has 0 N–H and O–H groups in total. The molecule has 172 valence electrons. The molecule has 2 aliphatic rings. The number of ether oxygens (including phenoxy) is 1. The predicted molar refractivity (Wildman–Crippen MR) is 124 cm³/mol. The molecule has 31 heavy (non-hydrogen) atoms. The van der Waals surface area contributed by atoms with Gasteiger partial charge in [0.1, 0.15) is 0 Å². The van der Waals surface area contributed by atoms with Gasteiger partial charge in [0.15, 0.2) is 0 Å². The molecular formula is C25H39N3O3. The van der Waals surface area contributed by atoms with Crippen LogP contribution in [0.25, 0.3) is 0 Å². The molecule has 2 saturated heterocycles. The first-order valence-corrected chi connectivity index (χ1v) is 12.0. The van der Waals surface area contributed by atoms with Crippen LogP contribution < -0.4 is 4.90 Å². The molecule has 0 aromatic heterocycles. The van der Waals surface area contributed by atoms with Crippen molar-refractivity contribution in [2.45, 2.75) is 90.4 Å². The fourth-order valence-electron chi connectivity index (χ4n) is 5.47. The Morgan fingerprint density at radius 2 is 1.77 bits per heavy atom. The van der Waals surface area contributed by atoms with Gasteiger partial charge in [-0.1, -0.05) is 25.1 Å². The molecule has 3 rings (SSSR count). The summed E-state index contributed by atoms with van der Waals surface area (Å²) in [6.45, 7) is 10.3. The Bertz CT molecular complexity index is 718. The van der Waals surface area contributed by atoms with Gasteiger partial charge >= 0.3 is 6.09 Å². The highest BCUT2D eigenvalue weighted by Crippen LogP contribution is 2.31. The molecule has 2 fully saturated rings. The Balaban J connectivity index is 1.61. The maximum Gasteiger partial charge on any atom is 0.410 e. The van der Waals surface area contributed by atoms with Crippen molar-refractivity contribution >= 4 is 17.7 Å². The number of hydrogen-bond acceptors (Lipinski definition) is 4. The van der Waals surface area contributed by atoms with Crippen molar-refractivity contribution in [3.8, 4) is 0 Å². The number of para-hydroxylation sites is 1. The first-order chi connectivity index (χ1) is 15.0. The molecule has 0 bridgehead atoms. The first kappa shape index (κ1) is 23.6. The number of amides is 2. The van der Waals surface area contributed by atoms with E-state index in [1.165, 1.54) is 0 Å². The zero-order valence-corrected chi connectivity index (χ0v) is 19.6. The minimum atomic E-state index is -0.161. The number of carbonyl (C=O) groups excluding carboxylic acids is 2. The Morgan fingerprint density at radius 1 is 1.10 bits per heavy atom. The van der Waals surface area contributed by atoms with Crippen molar-refractivity contribution in [3.05, 3.63) is 30.3 Å². The van der Waals surface area contributed by atoms with E-state index in [-0.39, 0.29) is 30.1 Å². The topological polar surface area (TPSA) is 53.1 Å². The number of nitrogens with zero attached hydrogens (tertiary/aromatic N) is 3. The summed E-state index contributed by atoms with van der Waals surface area (Å²) in [7, 11) is 0. The second kappa shape index (κ2) is 11.0. The zero-order chi connectivity index (χ0) is 22.4. The van der Waals surface area contributed by atoms with Gasteiger partial charge in [0, 0.05) is 49.9 Å². The van der Waals surface area contributed by atoms with Crippen molar-refractivity contribution in [1.82, 2.24) is 9.80 Å². The lowest BCUT2D eigenvalue weighted by molar-refractivity contribution is -0.117. The molecule has 0 aliphatic carbocycles. The molecule has 3 atom stereocenters. The number of anilines is 1. The van der Waals surface area contributed by atoms with Crippen LogP contribution >= 0.6 is 0 Å². The number of likely N-dealkylation sites (tertiary alicyclic amines) is 2. The molecule has 1 aromatic rings. The molecular weight excluding hydrogens is 390 g/mol. The van der Waals surface area contributed by atoms with Crippen LogP contribution in [0, 0.1) is 0 Å². The number of rotatable bonds is 7. The number of hydrogen-bond donors (Lipinski definition) is 0. The van der Waals surface area contributed by atoms with Gasteiger partial charge < -0.3 is 19.4 Å². The highest BCUT2D eigenvalue weighted by molar-refractivity contribution is 5.92. The van der Waals surface area contributed by atoms with E-state index in [9.17, 15) is 9.59 Å². The van der Waals surface area contributed by atoms with Crippen molar-refractivity contribution in [2.75, 3.05) is 24.6 Å². The van der Waals surface area contributed by atoms with Crippen LogP contribution in [-0.2, 0) is 9.53 Å². The average Bonchev–Trinajstić information content (AvgIpc) is 3.13. The summed E-state index contributed by atoms with van der Waals surface area (Å²) in [6, 6.07) is 11.2. The van der Waals surface area contributed by atoms with E-state index in [2.05, 4.69) is 18.7 Å². The SMILES string of the molecule is CCOC(=O)N1C(C)CCC1CC(CC)N1CCC(N(C(C)=O)c2ccccc2)CC1. The molecule has 0 radical (unpaired) electrons. The molecule has 0 saturated carbocycles. The van der Waals surface area contributed by atoms with Crippen LogP contribution in [0.4, 0.5) is 10.5 Å². The summed E-state index contributed by atoms with van der Waals surface area (Å²) in [5.41, 5.74) is 0.991. The third-order valence-electron chi connectivity index (χ3n) is 7.03. The maximum atomic E-state index is 12.5. The molecule has 3 unspecified atom stereocenters. The Labute approximate surface area is 187 Å². The molecule has 1 aromatic carbocycles. The standard InChI is InChI=1S/C25H39N3O3/c1-5-21(18-24-13-12-19(3)27(24)25(30)31-6-2)26-16-14-23(15-17-26)28(20(4)29)22-10-8-7-9-11-22/h7-11,19,21,23-24H,5-6,12-18H2,1-4H3. The van der Waals surface area contributed by atoms with Gasteiger partial charge in [0.25, 0.3) is 0 Å². The maximum absolute atomic E-state index is 12.5. The van der Waals surface area contributed by atoms with Crippen LogP contribution in [0.15, 0.2) is 30.3 Å². The predicted octanol–water partition coefficient (Wildman–Crippen LogP) is 4.68. The van der Waals surface area contributed by atoms with Gasteiger partial charge in [-0.15, -0.1) is 0 Å². The summed E-state index contributed by atoms with van der Waals surface area (Å²) >= 11 is 0. The fraction of sp³-hybridized carbons (Fsp3) is 0.680. The van der Waals surface area contributed by atoms with Crippen LogP contribution in [0.1, 0.15) is 66.2 Å². The quantitative estimate of drug-likeness (QED) is 0.631. The molecule has 2 amide bonds. The van der Waals surface area contributed by atoms with Gasteiger partial charge in [-0.05, 0) is 64.5 Å². The summed E-state index contributed by atoms with van der Waals surface area (Å²) in [5.74, 6) is 0.113. The van der Waals surface area contributed by atoms with Crippen LogP contribution in [-0.4, -0.2) is 65.7 Å². The van der Waals surface area contributed by atoms with E-state index in [1.807, 2.05) is 47.1 Å².